The van der Waals surface area contributed by atoms with E-state index in [1.165, 1.54) is 29.9 Å². The maximum absolute atomic E-state index is 12.0. The molecule has 1 saturated heterocycles. The Morgan fingerprint density at radius 2 is 1.97 bits per heavy atom. The van der Waals surface area contributed by atoms with Crippen LogP contribution in [0.4, 0.5) is 5.13 Å². The molecule has 158 valence electrons. The molecule has 1 N–H and O–H groups in total. The first-order valence-electron chi connectivity index (χ1n) is 10.7. The molecule has 0 atom stereocenters. The van der Waals surface area contributed by atoms with Gasteiger partial charge in [-0.15, -0.1) is 0 Å². The molecule has 0 aliphatic carbocycles. The van der Waals surface area contributed by atoms with E-state index in [9.17, 15) is 4.79 Å². The molecule has 0 spiro atoms. The largest absolute Gasteiger partial charge is 0.356 e. The fraction of sp³-hybridized carbons (Fsp3) is 0.591. The van der Waals surface area contributed by atoms with E-state index in [4.69, 9.17) is 16.6 Å². The molecular formula is C22H31ClN4OS. The van der Waals surface area contributed by atoms with Crippen LogP contribution in [0.5, 0.6) is 0 Å². The maximum atomic E-state index is 12.0. The number of rotatable bonds is 10. The first-order valence-corrected chi connectivity index (χ1v) is 11.9. The van der Waals surface area contributed by atoms with Gasteiger partial charge in [-0.2, -0.15) is 4.37 Å². The molecule has 5 nitrogen and oxygen atoms in total. The molecule has 1 aliphatic heterocycles. The quantitative estimate of drug-likeness (QED) is 0.529. The van der Waals surface area contributed by atoms with E-state index in [0.717, 1.165) is 67.7 Å². The lowest BCUT2D eigenvalue weighted by Gasteiger charge is -2.31. The second-order valence-corrected chi connectivity index (χ2v) is 9.01. The van der Waals surface area contributed by atoms with Crippen molar-refractivity contribution in [1.29, 1.82) is 0 Å². The third kappa shape index (κ3) is 7.27. The van der Waals surface area contributed by atoms with Crippen LogP contribution in [0.25, 0.3) is 0 Å². The van der Waals surface area contributed by atoms with Gasteiger partial charge in [-0.3, -0.25) is 4.79 Å². The van der Waals surface area contributed by atoms with E-state index in [1.54, 1.807) is 0 Å². The molecule has 0 radical (unpaired) electrons. The zero-order valence-electron chi connectivity index (χ0n) is 17.2. The van der Waals surface area contributed by atoms with Gasteiger partial charge in [0.2, 0.25) is 11.0 Å². The Labute approximate surface area is 183 Å². The molecule has 7 heteroatoms. The van der Waals surface area contributed by atoms with Gasteiger partial charge in [-0.25, -0.2) is 4.98 Å². The lowest BCUT2D eigenvalue weighted by molar-refractivity contribution is -0.121. The Hall–Kier alpha value is -1.66. The van der Waals surface area contributed by atoms with E-state index in [2.05, 4.69) is 21.5 Å². The van der Waals surface area contributed by atoms with Gasteiger partial charge in [-0.1, -0.05) is 49.9 Å². The average Bonchev–Trinajstić information content (AvgIpc) is 3.20. The number of benzene rings is 1. The topological polar surface area (TPSA) is 58.1 Å². The van der Waals surface area contributed by atoms with Crippen molar-refractivity contribution in [2.24, 2.45) is 5.92 Å². The zero-order valence-corrected chi connectivity index (χ0v) is 18.8. The van der Waals surface area contributed by atoms with E-state index in [-0.39, 0.29) is 5.91 Å². The molecule has 29 heavy (non-hydrogen) atoms. The van der Waals surface area contributed by atoms with Crippen LogP contribution in [0, 0.1) is 5.92 Å². The lowest BCUT2D eigenvalue weighted by atomic mass is 9.97. The standard InChI is InChI=1S/C22H31ClN4OS/c1-2-3-4-5-6-21(28)24-16-18-11-13-27(14-12-18)22-25-20(26-29-22)15-17-7-9-19(23)10-8-17/h7-10,18H,2-6,11-16H2,1H3,(H,24,28). The van der Waals surface area contributed by atoms with Crippen LogP contribution in [0.2, 0.25) is 5.02 Å². The molecule has 0 unspecified atom stereocenters. The zero-order chi connectivity index (χ0) is 20.5. The highest BCUT2D eigenvalue weighted by Gasteiger charge is 2.22. The summed E-state index contributed by atoms with van der Waals surface area (Å²) in [5.41, 5.74) is 1.17. The highest BCUT2D eigenvalue weighted by Crippen LogP contribution is 2.25. The predicted octanol–water partition coefficient (Wildman–Crippen LogP) is 5.09. The number of nitrogens with one attached hydrogen (secondary N) is 1. The van der Waals surface area contributed by atoms with Crippen molar-refractivity contribution >= 4 is 34.2 Å². The fourth-order valence-corrected chi connectivity index (χ4v) is 4.48. The van der Waals surface area contributed by atoms with Crippen LogP contribution in [-0.2, 0) is 11.2 Å². The van der Waals surface area contributed by atoms with Crippen LogP contribution in [0.3, 0.4) is 0 Å². The lowest BCUT2D eigenvalue weighted by Crippen LogP contribution is -2.38. The van der Waals surface area contributed by atoms with Crippen molar-refractivity contribution in [1.82, 2.24) is 14.7 Å². The number of piperidine rings is 1. The Morgan fingerprint density at radius 1 is 1.21 bits per heavy atom. The van der Waals surface area contributed by atoms with E-state index < -0.39 is 0 Å². The predicted molar refractivity (Wildman–Crippen MR) is 121 cm³/mol. The number of carbonyl (C=O) groups excluding carboxylic acids is 1. The smallest absolute Gasteiger partial charge is 0.220 e. The molecule has 2 aromatic rings. The third-order valence-electron chi connectivity index (χ3n) is 5.46. The summed E-state index contributed by atoms with van der Waals surface area (Å²) in [5, 5.41) is 4.88. The van der Waals surface area contributed by atoms with Gasteiger partial charge in [0, 0.05) is 49.0 Å². The number of anilines is 1. The van der Waals surface area contributed by atoms with Gasteiger partial charge < -0.3 is 10.2 Å². The Balaban J connectivity index is 1.38. The summed E-state index contributed by atoms with van der Waals surface area (Å²) in [7, 11) is 0. The Kier molecular flexibility index (Phi) is 8.74. The molecule has 1 aliphatic rings. The van der Waals surface area contributed by atoms with Crippen molar-refractivity contribution in [3.8, 4) is 0 Å². The van der Waals surface area contributed by atoms with Crippen molar-refractivity contribution in [3.63, 3.8) is 0 Å². The van der Waals surface area contributed by atoms with E-state index >= 15 is 0 Å². The molecule has 0 bridgehead atoms. The minimum absolute atomic E-state index is 0.208. The summed E-state index contributed by atoms with van der Waals surface area (Å²) in [6, 6.07) is 7.84. The van der Waals surface area contributed by atoms with Crippen LogP contribution in [0.15, 0.2) is 24.3 Å². The summed E-state index contributed by atoms with van der Waals surface area (Å²) in [6.45, 7) is 4.95. The number of carbonyl (C=O) groups is 1. The summed E-state index contributed by atoms with van der Waals surface area (Å²) >= 11 is 7.43. The minimum atomic E-state index is 0.208. The molecule has 0 saturated carbocycles. The van der Waals surface area contributed by atoms with Crippen LogP contribution in [0.1, 0.15) is 63.3 Å². The van der Waals surface area contributed by atoms with Crippen LogP contribution in [-0.4, -0.2) is 34.9 Å². The van der Waals surface area contributed by atoms with Gasteiger partial charge in [-0.05, 0) is 42.9 Å². The van der Waals surface area contributed by atoms with Crippen LogP contribution < -0.4 is 10.2 Å². The second-order valence-electron chi connectivity index (χ2n) is 7.84. The van der Waals surface area contributed by atoms with Gasteiger partial charge in [0.25, 0.3) is 0 Å². The molecule has 1 aromatic heterocycles. The summed E-state index contributed by atoms with van der Waals surface area (Å²) in [5.74, 6) is 1.64. The summed E-state index contributed by atoms with van der Waals surface area (Å²) in [6.07, 6.45) is 8.16. The fourth-order valence-electron chi connectivity index (χ4n) is 3.62. The summed E-state index contributed by atoms with van der Waals surface area (Å²) < 4.78 is 4.53. The van der Waals surface area contributed by atoms with Crippen molar-refractivity contribution in [2.45, 2.75) is 58.3 Å². The number of hydrogen-bond donors (Lipinski definition) is 1. The summed E-state index contributed by atoms with van der Waals surface area (Å²) in [4.78, 5) is 19.0. The van der Waals surface area contributed by atoms with E-state index in [0.29, 0.717) is 12.3 Å². The monoisotopic (exact) mass is 434 g/mol. The molecule has 1 fully saturated rings. The maximum Gasteiger partial charge on any atom is 0.220 e. The van der Waals surface area contributed by atoms with Crippen molar-refractivity contribution in [3.05, 3.63) is 40.7 Å². The molecule has 1 aromatic carbocycles. The average molecular weight is 435 g/mol. The normalized spacial score (nSPS) is 14.9. The second kappa shape index (κ2) is 11.5. The molecular weight excluding hydrogens is 404 g/mol. The molecule has 2 heterocycles. The number of hydrogen-bond acceptors (Lipinski definition) is 5. The van der Waals surface area contributed by atoms with E-state index in [1.807, 2.05) is 24.3 Å². The Morgan fingerprint density at radius 3 is 2.69 bits per heavy atom. The number of halogens is 1. The van der Waals surface area contributed by atoms with Crippen molar-refractivity contribution in [2.75, 3.05) is 24.5 Å². The Bertz CT molecular complexity index is 756. The SMILES string of the molecule is CCCCCCC(=O)NCC1CCN(c2nc(Cc3ccc(Cl)cc3)ns2)CC1. The van der Waals surface area contributed by atoms with Gasteiger partial charge in [0.15, 0.2) is 0 Å². The van der Waals surface area contributed by atoms with Gasteiger partial charge in [0.05, 0.1) is 0 Å². The number of aromatic nitrogens is 2. The number of amides is 1. The van der Waals surface area contributed by atoms with Gasteiger partial charge in [0.1, 0.15) is 5.82 Å². The highest BCUT2D eigenvalue weighted by molar-refractivity contribution is 7.09. The number of unbranched alkanes of at least 4 members (excludes halogenated alkanes) is 3. The highest BCUT2D eigenvalue weighted by atomic mass is 35.5. The van der Waals surface area contributed by atoms with Crippen LogP contribution >= 0.6 is 23.1 Å². The van der Waals surface area contributed by atoms with Crippen molar-refractivity contribution < 1.29 is 4.79 Å². The minimum Gasteiger partial charge on any atom is -0.356 e. The molecule has 1 amide bonds. The number of nitrogens with zero attached hydrogens (tertiary/aromatic N) is 3. The third-order valence-corrected chi connectivity index (χ3v) is 6.53. The first-order chi connectivity index (χ1) is 14.1. The first kappa shape index (κ1) is 22.0. The van der Waals surface area contributed by atoms with Gasteiger partial charge >= 0.3 is 0 Å². The molecule has 3 rings (SSSR count).